The summed E-state index contributed by atoms with van der Waals surface area (Å²) in [6.45, 7) is 5.87. The Morgan fingerprint density at radius 2 is 1.58 bits per heavy atom. The summed E-state index contributed by atoms with van der Waals surface area (Å²) in [5, 5.41) is 3.21. The molecular formula is C27H30N4O2. The summed E-state index contributed by atoms with van der Waals surface area (Å²) in [6.07, 6.45) is -0.190. The molecule has 0 aliphatic carbocycles. The van der Waals surface area contributed by atoms with E-state index in [0.717, 1.165) is 50.5 Å². The molecule has 33 heavy (non-hydrogen) atoms. The maximum Gasteiger partial charge on any atom is 0.255 e. The number of nitrogens with one attached hydrogen (secondary N) is 1. The first-order valence-corrected chi connectivity index (χ1v) is 11.6. The van der Waals surface area contributed by atoms with Gasteiger partial charge in [0.1, 0.15) is 11.9 Å². The fraction of sp³-hybridized carbons (Fsp3) is 0.296. The number of ether oxygens (including phenoxy) is 1. The van der Waals surface area contributed by atoms with Crippen molar-refractivity contribution in [2.24, 2.45) is 0 Å². The lowest BCUT2D eigenvalue weighted by Crippen LogP contribution is -2.52. The molecule has 3 aromatic rings. The second-order valence-electron chi connectivity index (χ2n) is 8.53. The smallest absolute Gasteiger partial charge is 0.255 e. The predicted molar refractivity (Wildman–Crippen MR) is 132 cm³/mol. The summed E-state index contributed by atoms with van der Waals surface area (Å²) in [6, 6.07) is 26.6. The number of carbonyl (C=O) groups excluding carboxylic acids is 1. The van der Waals surface area contributed by atoms with E-state index in [1.165, 1.54) is 5.69 Å². The first-order chi connectivity index (χ1) is 16.2. The van der Waals surface area contributed by atoms with Crippen LogP contribution < -0.4 is 19.9 Å². The highest BCUT2D eigenvalue weighted by molar-refractivity contribution is 6.02. The van der Waals surface area contributed by atoms with E-state index in [1.807, 2.05) is 36.4 Å². The molecule has 0 saturated carbocycles. The number of anilines is 2. The van der Waals surface area contributed by atoms with Crippen molar-refractivity contribution in [2.75, 3.05) is 56.2 Å². The van der Waals surface area contributed by atoms with Crippen molar-refractivity contribution in [1.82, 2.24) is 10.2 Å². The molecule has 1 N–H and O–H groups in total. The van der Waals surface area contributed by atoms with E-state index < -0.39 is 0 Å². The summed E-state index contributed by atoms with van der Waals surface area (Å²) in [4.78, 5) is 20.2. The lowest BCUT2D eigenvalue weighted by atomic mass is 10.0. The molecule has 0 radical (unpaired) electrons. The van der Waals surface area contributed by atoms with Crippen LogP contribution in [0.3, 0.4) is 0 Å². The number of fused-ring (bicyclic) bond motifs is 1. The highest BCUT2D eigenvalue weighted by atomic mass is 16.5. The molecule has 1 amide bonds. The van der Waals surface area contributed by atoms with Crippen LogP contribution in [0.15, 0.2) is 78.9 Å². The zero-order chi connectivity index (χ0) is 22.6. The Balaban J connectivity index is 1.32. The Kier molecular flexibility index (Phi) is 6.17. The number of hydrogen-bond acceptors (Lipinski definition) is 5. The molecule has 170 valence electrons. The Hall–Kier alpha value is -3.51. The number of carbonyl (C=O) groups is 1. The first-order valence-electron chi connectivity index (χ1n) is 11.6. The SMILES string of the molecule is COc1ccc2c(c1)C(=O)NC(c1ccccc1)N2CCN1CCN(c2ccccc2)CC1. The van der Waals surface area contributed by atoms with Gasteiger partial charge in [-0.1, -0.05) is 48.5 Å². The minimum absolute atomic E-state index is 0.0644. The van der Waals surface area contributed by atoms with Gasteiger partial charge in [0.25, 0.3) is 5.91 Å². The van der Waals surface area contributed by atoms with Crippen molar-refractivity contribution < 1.29 is 9.53 Å². The molecule has 1 atom stereocenters. The van der Waals surface area contributed by atoms with Crippen LogP contribution in [0.4, 0.5) is 11.4 Å². The number of methoxy groups -OCH3 is 1. The third-order valence-corrected chi connectivity index (χ3v) is 6.60. The number of benzene rings is 3. The molecule has 1 unspecified atom stereocenters. The van der Waals surface area contributed by atoms with Gasteiger partial charge >= 0.3 is 0 Å². The van der Waals surface area contributed by atoms with Gasteiger partial charge in [-0.3, -0.25) is 9.69 Å². The molecule has 0 spiro atoms. The zero-order valence-corrected chi connectivity index (χ0v) is 19.0. The van der Waals surface area contributed by atoms with Gasteiger partial charge in [-0.2, -0.15) is 0 Å². The minimum atomic E-state index is -0.190. The molecule has 2 aliphatic heterocycles. The van der Waals surface area contributed by atoms with Gasteiger partial charge in [0, 0.05) is 45.0 Å². The van der Waals surface area contributed by atoms with Crippen LogP contribution in [0.5, 0.6) is 5.75 Å². The topological polar surface area (TPSA) is 48.1 Å². The Morgan fingerprint density at radius 1 is 0.879 bits per heavy atom. The average Bonchev–Trinajstić information content (AvgIpc) is 2.89. The van der Waals surface area contributed by atoms with E-state index in [2.05, 4.69) is 62.5 Å². The van der Waals surface area contributed by atoms with Crippen LogP contribution in [0.2, 0.25) is 0 Å². The molecule has 0 aromatic heterocycles. The van der Waals surface area contributed by atoms with Gasteiger partial charge < -0.3 is 19.9 Å². The monoisotopic (exact) mass is 442 g/mol. The van der Waals surface area contributed by atoms with Crippen LogP contribution >= 0.6 is 0 Å². The molecule has 0 bridgehead atoms. The number of rotatable bonds is 6. The largest absolute Gasteiger partial charge is 0.497 e. The standard InChI is InChI=1S/C27H30N4O2/c1-33-23-12-13-25-24(20-23)27(32)28-26(21-8-4-2-5-9-21)31(25)19-16-29-14-17-30(18-15-29)22-10-6-3-7-11-22/h2-13,20,26H,14-19H2,1H3,(H,28,32). The lowest BCUT2D eigenvalue weighted by molar-refractivity contribution is 0.0925. The Morgan fingerprint density at radius 3 is 2.27 bits per heavy atom. The van der Waals surface area contributed by atoms with Crippen LogP contribution in [0.25, 0.3) is 0 Å². The zero-order valence-electron chi connectivity index (χ0n) is 19.0. The number of piperazine rings is 1. The van der Waals surface area contributed by atoms with Gasteiger partial charge in [0.15, 0.2) is 0 Å². The highest BCUT2D eigenvalue weighted by Crippen LogP contribution is 2.35. The van der Waals surface area contributed by atoms with E-state index >= 15 is 0 Å². The predicted octanol–water partition coefficient (Wildman–Crippen LogP) is 3.77. The van der Waals surface area contributed by atoms with Crippen molar-refractivity contribution in [3.05, 3.63) is 90.0 Å². The number of amides is 1. The summed E-state index contributed by atoms with van der Waals surface area (Å²) in [5.41, 5.74) is 4.00. The van der Waals surface area contributed by atoms with E-state index in [9.17, 15) is 4.79 Å². The van der Waals surface area contributed by atoms with Gasteiger partial charge in [0.05, 0.1) is 18.4 Å². The molecule has 6 nitrogen and oxygen atoms in total. The second kappa shape index (κ2) is 9.55. The quantitative estimate of drug-likeness (QED) is 0.630. The van der Waals surface area contributed by atoms with Crippen LogP contribution in [-0.2, 0) is 0 Å². The number of para-hydroxylation sites is 1. The highest BCUT2D eigenvalue weighted by Gasteiger charge is 2.32. The van der Waals surface area contributed by atoms with Crippen molar-refractivity contribution in [3.63, 3.8) is 0 Å². The minimum Gasteiger partial charge on any atom is -0.497 e. The molecule has 6 heteroatoms. The summed E-state index contributed by atoms with van der Waals surface area (Å²) in [7, 11) is 1.63. The molecule has 1 saturated heterocycles. The van der Waals surface area contributed by atoms with Gasteiger partial charge in [-0.25, -0.2) is 0 Å². The third-order valence-electron chi connectivity index (χ3n) is 6.60. The van der Waals surface area contributed by atoms with Crippen molar-refractivity contribution in [1.29, 1.82) is 0 Å². The Bertz CT molecular complexity index is 1080. The van der Waals surface area contributed by atoms with Crippen molar-refractivity contribution >= 4 is 17.3 Å². The van der Waals surface area contributed by atoms with Crippen molar-refractivity contribution in [3.8, 4) is 5.75 Å². The Labute approximate surface area is 195 Å². The van der Waals surface area contributed by atoms with Gasteiger partial charge in [-0.05, 0) is 35.9 Å². The maximum atomic E-state index is 13.0. The van der Waals surface area contributed by atoms with E-state index in [0.29, 0.717) is 11.3 Å². The van der Waals surface area contributed by atoms with E-state index in [-0.39, 0.29) is 12.1 Å². The fourth-order valence-electron chi connectivity index (χ4n) is 4.76. The molecule has 2 aliphatic rings. The first kappa shape index (κ1) is 21.3. The maximum absolute atomic E-state index is 13.0. The molecule has 2 heterocycles. The van der Waals surface area contributed by atoms with Gasteiger partial charge in [-0.15, -0.1) is 0 Å². The van der Waals surface area contributed by atoms with Gasteiger partial charge in [0.2, 0.25) is 0 Å². The van der Waals surface area contributed by atoms with Crippen LogP contribution in [0.1, 0.15) is 22.1 Å². The summed E-state index contributed by atoms with van der Waals surface area (Å²) < 4.78 is 5.37. The molecule has 3 aromatic carbocycles. The average molecular weight is 443 g/mol. The van der Waals surface area contributed by atoms with Crippen LogP contribution in [0, 0.1) is 0 Å². The third kappa shape index (κ3) is 4.52. The molecule has 1 fully saturated rings. The van der Waals surface area contributed by atoms with E-state index in [1.54, 1.807) is 7.11 Å². The summed E-state index contributed by atoms with van der Waals surface area (Å²) in [5.74, 6) is 0.629. The van der Waals surface area contributed by atoms with E-state index in [4.69, 9.17) is 4.74 Å². The number of hydrogen-bond donors (Lipinski definition) is 1. The molecular weight excluding hydrogens is 412 g/mol. The fourth-order valence-corrected chi connectivity index (χ4v) is 4.76. The summed E-state index contributed by atoms with van der Waals surface area (Å²) >= 11 is 0. The normalized spacial score (nSPS) is 18.6. The molecule has 5 rings (SSSR count). The second-order valence-corrected chi connectivity index (χ2v) is 8.53. The lowest BCUT2D eigenvalue weighted by Gasteiger charge is -2.42. The number of nitrogens with zero attached hydrogens (tertiary/aromatic N) is 3. The van der Waals surface area contributed by atoms with Crippen molar-refractivity contribution in [2.45, 2.75) is 6.17 Å². The van der Waals surface area contributed by atoms with Crippen LogP contribution in [-0.4, -0.2) is 57.2 Å².